The summed E-state index contributed by atoms with van der Waals surface area (Å²) in [5, 5.41) is 5.50. The molecule has 1 aliphatic rings. The molecule has 0 atom stereocenters. The van der Waals surface area contributed by atoms with Crippen molar-refractivity contribution in [2.75, 3.05) is 6.54 Å². The maximum Gasteiger partial charge on any atom is 0.407 e. The number of nitrogens with one attached hydrogen (secondary N) is 2. The van der Waals surface area contributed by atoms with Crippen molar-refractivity contribution in [3.63, 3.8) is 0 Å². The molecule has 0 unspecified atom stereocenters. The van der Waals surface area contributed by atoms with Gasteiger partial charge in [0, 0.05) is 11.4 Å². The highest BCUT2D eigenvalue weighted by atomic mass is 32.1. The molecule has 1 aromatic rings. The van der Waals surface area contributed by atoms with Crippen LogP contribution in [0.5, 0.6) is 0 Å². The Morgan fingerprint density at radius 1 is 1.53 bits per heavy atom. The van der Waals surface area contributed by atoms with Gasteiger partial charge in [0.15, 0.2) is 0 Å². The van der Waals surface area contributed by atoms with Crippen LogP contribution < -0.4 is 10.6 Å². The van der Waals surface area contributed by atoms with Crippen LogP contribution in [0.3, 0.4) is 0 Å². The van der Waals surface area contributed by atoms with Crippen LogP contribution in [-0.4, -0.2) is 24.1 Å². The summed E-state index contributed by atoms with van der Waals surface area (Å²) in [4.78, 5) is 24.9. The molecule has 1 aromatic heterocycles. The zero-order valence-corrected chi connectivity index (χ0v) is 12.1. The molecule has 0 radical (unpaired) electrons. The van der Waals surface area contributed by atoms with Crippen molar-refractivity contribution in [3.05, 3.63) is 21.4 Å². The highest BCUT2D eigenvalue weighted by molar-refractivity contribution is 7.14. The topological polar surface area (TPSA) is 67.4 Å². The molecule has 0 bridgehead atoms. The molecule has 2 heterocycles. The standard InChI is InChI=1S/C13H18N2O3S/c1-13(2,3)18-12(17)15-7-9-6-8-4-5-14-11(16)10(8)19-9/h6H,4-5,7H2,1-3H3,(H,14,16)(H,15,17). The first-order valence-corrected chi connectivity index (χ1v) is 7.03. The largest absolute Gasteiger partial charge is 0.444 e. The van der Waals surface area contributed by atoms with Crippen LogP contribution >= 0.6 is 11.3 Å². The van der Waals surface area contributed by atoms with Gasteiger partial charge in [-0.1, -0.05) is 0 Å². The maximum atomic E-state index is 11.6. The fraction of sp³-hybridized carbons (Fsp3) is 0.538. The second kappa shape index (κ2) is 5.21. The van der Waals surface area contributed by atoms with E-state index in [9.17, 15) is 9.59 Å². The average Bonchev–Trinajstić information content (AvgIpc) is 2.68. The van der Waals surface area contributed by atoms with Gasteiger partial charge < -0.3 is 15.4 Å². The van der Waals surface area contributed by atoms with Gasteiger partial charge in [-0.05, 0) is 38.8 Å². The van der Waals surface area contributed by atoms with Crippen LogP contribution in [0.2, 0.25) is 0 Å². The average molecular weight is 282 g/mol. The lowest BCUT2D eigenvalue weighted by Gasteiger charge is -2.19. The van der Waals surface area contributed by atoms with Gasteiger partial charge in [-0.3, -0.25) is 4.79 Å². The molecule has 19 heavy (non-hydrogen) atoms. The van der Waals surface area contributed by atoms with Gasteiger partial charge in [0.05, 0.1) is 11.4 Å². The minimum atomic E-state index is -0.501. The SMILES string of the molecule is CC(C)(C)OC(=O)NCc1cc2c(s1)C(=O)NCC2. The lowest BCUT2D eigenvalue weighted by molar-refractivity contribution is 0.0524. The molecule has 0 fully saturated rings. The van der Waals surface area contributed by atoms with Gasteiger partial charge in [-0.25, -0.2) is 4.79 Å². The summed E-state index contributed by atoms with van der Waals surface area (Å²) in [5.74, 6) is -0.0187. The highest BCUT2D eigenvalue weighted by Crippen LogP contribution is 2.25. The minimum Gasteiger partial charge on any atom is -0.444 e. The van der Waals surface area contributed by atoms with Crippen LogP contribution in [-0.2, 0) is 17.7 Å². The van der Waals surface area contributed by atoms with Crippen molar-refractivity contribution in [1.29, 1.82) is 0 Å². The Morgan fingerprint density at radius 2 is 2.26 bits per heavy atom. The Balaban J connectivity index is 1.94. The number of hydrogen-bond donors (Lipinski definition) is 2. The number of rotatable bonds is 2. The summed E-state index contributed by atoms with van der Waals surface area (Å²) < 4.78 is 5.16. The zero-order valence-electron chi connectivity index (χ0n) is 11.3. The second-order valence-corrected chi connectivity index (χ2v) is 6.57. The molecule has 5 nitrogen and oxygen atoms in total. The van der Waals surface area contributed by atoms with E-state index < -0.39 is 11.7 Å². The predicted molar refractivity (Wildman–Crippen MR) is 73.4 cm³/mol. The first-order chi connectivity index (χ1) is 8.85. The van der Waals surface area contributed by atoms with Gasteiger partial charge in [0.25, 0.3) is 5.91 Å². The third kappa shape index (κ3) is 3.70. The summed E-state index contributed by atoms with van der Waals surface area (Å²) in [6, 6.07) is 1.98. The van der Waals surface area contributed by atoms with Crippen LogP contribution in [0, 0.1) is 0 Å². The Bertz CT molecular complexity index is 502. The van der Waals surface area contributed by atoms with Crippen LogP contribution in [0.15, 0.2) is 6.07 Å². The molecule has 2 amide bonds. The lowest BCUT2D eigenvalue weighted by atomic mass is 10.1. The fourth-order valence-corrected chi connectivity index (χ4v) is 2.88. The molecule has 1 aliphatic heterocycles. The normalized spacial score (nSPS) is 14.6. The minimum absolute atomic E-state index is 0.0187. The van der Waals surface area contributed by atoms with E-state index >= 15 is 0 Å². The van der Waals surface area contributed by atoms with Gasteiger partial charge in [-0.2, -0.15) is 0 Å². The number of carbonyl (C=O) groups is 2. The van der Waals surface area contributed by atoms with Crippen LogP contribution in [0.25, 0.3) is 0 Å². The predicted octanol–water partition coefficient (Wildman–Crippen LogP) is 2.06. The third-order valence-electron chi connectivity index (χ3n) is 2.55. The molecule has 0 spiro atoms. The van der Waals surface area contributed by atoms with Crippen molar-refractivity contribution in [2.45, 2.75) is 39.3 Å². The smallest absolute Gasteiger partial charge is 0.407 e. The molecule has 2 N–H and O–H groups in total. The van der Waals surface area contributed by atoms with E-state index in [2.05, 4.69) is 10.6 Å². The summed E-state index contributed by atoms with van der Waals surface area (Å²) in [7, 11) is 0. The number of hydrogen-bond acceptors (Lipinski definition) is 4. The van der Waals surface area contributed by atoms with Gasteiger partial charge >= 0.3 is 6.09 Å². The molecule has 0 saturated heterocycles. The number of fused-ring (bicyclic) bond motifs is 1. The molecule has 104 valence electrons. The molecule has 6 heteroatoms. The Hall–Kier alpha value is -1.56. The van der Waals surface area contributed by atoms with Crippen molar-refractivity contribution >= 4 is 23.3 Å². The van der Waals surface area contributed by atoms with Crippen LogP contribution in [0.4, 0.5) is 4.79 Å². The van der Waals surface area contributed by atoms with E-state index in [1.165, 1.54) is 11.3 Å². The van der Waals surface area contributed by atoms with Gasteiger partial charge in [0.2, 0.25) is 0 Å². The molecule has 0 saturated carbocycles. The number of carbonyl (C=O) groups excluding carboxylic acids is 2. The maximum absolute atomic E-state index is 11.6. The highest BCUT2D eigenvalue weighted by Gasteiger charge is 2.21. The molecular formula is C13H18N2O3S. The van der Waals surface area contributed by atoms with E-state index in [0.29, 0.717) is 13.1 Å². The Morgan fingerprint density at radius 3 is 2.89 bits per heavy atom. The number of amides is 2. The number of ether oxygens (including phenoxy) is 1. The first kappa shape index (κ1) is 13.9. The second-order valence-electron chi connectivity index (χ2n) is 5.43. The van der Waals surface area contributed by atoms with Crippen LogP contribution in [0.1, 0.15) is 40.9 Å². The van der Waals surface area contributed by atoms with Crippen molar-refractivity contribution in [2.24, 2.45) is 0 Å². The van der Waals surface area contributed by atoms with Gasteiger partial charge in [0.1, 0.15) is 5.60 Å². The van der Waals surface area contributed by atoms with E-state index in [0.717, 1.165) is 21.7 Å². The van der Waals surface area contributed by atoms with E-state index in [1.54, 1.807) is 0 Å². The Labute approximate surface area is 116 Å². The zero-order chi connectivity index (χ0) is 14.0. The third-order valence-corrected chi connectivity index (χ3v) is 3.73. The lowest BCUT2D eigenvalue weighted by Crippen LogP contribution is -2.31. The van der Waals surface area contributed by atoms with Crippen molar-refractivity contribution in [1.82, 2.24) is 10.6 Å². The van der Waals surface area contributed by atoms with Crippen molar-refractivity contribution in [3.8, 4) is 0 Å². The summed E-state index contributed by atoms with van der Waals surface area (Å²) in [6.45, 7) is 6.53. The van der Waals surface area contributed by atoms with E-state index in [1.807, 2.05) is 26.8 Å². The summed E-state index contributed by atoms with van der Waals surface area (Å²) >= 11 is 1.42. The first-order valence-electron chi connectivity index (χ1n) is 6.22. The van der Waals surface area contributed by atoms with Crippen molar-refractivity contribution < 1.29 is 14.3 Å². The quantitative estimate of drug-likeness (QED) is 0.872. The van der Waals surface area contributed by atoms with E-state index in [-0.39, 0.29) is 5.91 Å². The summed E-state index contributed by atoms with van der Waals surface area (Å²) in [6.07, 6.45) is 0.410. The molecule has 0 aliphatic carbocycles. The Kier molecular flexibility index (Phi) is 3.80. The molecular weight excluding hydrogens is 264 g/mol. The number of alkyl carbamates (subject to hydrolysis) is 1. The summed E-state index contributed by atoms with van der Waals surface area (Å²) in [5.41, 5.74) is 0.563. The monoisotopic (exact) mass is 282 g/mol. The fourth-order valence-electron chi connectivity index (χ4n) is 1.82. The van der Waals surface area contributed by atoms with E-state index in [4.69, 9.17) is 4.74 Å². The van der Waals surface area contributed by atoms with Gasteiger partial charge in [-0.15, -0.1) is 11.3 Å². The number of thiophene rings is 1. The molecule has 0 aromatic carbocycles. The molecule has 2 rings (SSSR count).